The van der Waals surface area contributed by atoms with Crippen molar-refractivity contribution in [3.05, 3.63) is 168 Å². The Kier molecular flexibility index (Phi) is 6.33. The van der Waals surface area contributed by atoms with E-state index in [0.717, 1.165) is 46.8 Å². The van der Waals surface area contributed by atoms with E-state index in [-0.39, 0.29) is 5.41 Å². The van der Waals surface area contributed by atoms with E-state index in [1.165, 1.54) is 49.9 Å². The van der Waals surface area contributed by atoms with Crippen molar-refractivity contribution in [2.24, 2.45) is 0 Å². The Balaban J connectivity index is 1.09. The van der Waals surface area contributed by atoms with Crippen molar-refractivity contribution in [2.75, 3.05) is 4.90 Å². The summed E-state index contributed by atoms with van der Waals surface area (Å²) in [6, 6.07) is 50.9. The zero-order chi connectivity index (χ0) is 31.5. The predicted octanol–water partition coefficient (Wildman–Crippen LogP) is 12.5. The van der Waals surface area contributed by atoms with E-state index in [1.807, 2.05) is 0 Å². The molecular weight excluding hydrogens is 571 g/mol. The fourth-order valence-electron chi connectivity index (χ4n) is 7.68. The monoisotopic (exact) mass is 605 g/mol. The van der Waals surface area contributed by atoms with Crippen molar-refractivity contribution in [3.63, 3.8) is 0 Å². The second-order valence-electron chi connectivity index (χ2n) is 13.3. The van der Waals surface area contributed by atoms with Crippen LogP contribution in [0, 0.1) is 0 Å². The molecule has 226 valence electrons. The highest BCUT2D eigenvalue weighted by Crippen LogP contribution is 2.49. The van der Waals surface area contributed by atoms with Crippen LogP contribution < -0.4 is 4.90 Å². The van der Waals surface area contributed by atoms with Crippen LogP contribution in [-0.4, -0.2) is 0 Å². The Morgan fingerprint density at radius 1 is 0.553 bits per heavy atom. The standard InChI is InChI=1S/C45H35NO/c1-45(2)41-17-8-6-15-37(41)40-28-32(22-26-42(40)45)31-11-10-14-36(27-31)46(34-12-4-3-5-13-34)35-23-19-30(20-24-35)33-21-25-39-38-16-7-9-18-43(38)47-44(39)29-33/h3-8,10-17,19-29H,9,18H2,1-2H3. The molecule has 9 rings (SSSR count). The number of benzene rings is 6. The third-order valence-electron chi connectivity index (χ3n) is 10.1. The van der Waals surface area contributed by atoms with Crippen LogP contribution in [0.25, 0.3) is 50.4 Å². The molecule has 1 heterocycles. The molecule has 1 aromatic heterocycles. The highest BCUT2D eigenvalue weighted by atomic mass is 16.3. The Morgan fingerprint density at radius 3 is 2.11 bits per heavy atom. The topological polar surface area (TPSA) is 16.4 Å². The molecule has 0 unspecified atom stereocenters. The molecule has 0 bridgehead atoms. The van der Waals surface area contributed by atoms with Gasteiger partial charge in [-0.3, -0.25) is 0 Å². The number of aryl methyl sites for hydroxylation is 1. The SMILES string of the molecule is CC1(C)c2ccccc2-c2cc(-c3cccc(N(c4ccccc4)c4ccc(-c5ccc6c7c(oc6c5)CCC=C7)cc4)c3)ccc21. The number of hydrogen-bond donors (Lipinski definition) is 0. The number of allylic oxidation sites excluding steroid dienone is 1. The molecule has 2 nitrogen and oxygen atoms in total. The first-order valence-electron chi connectivity index (χ1n) is 16.6. The number of nitrogens with zero attached hydrogens (tertiary/aromatic N) is 1. The fourth-order valence-corrected chi connectivity index (χ4v) is 7.68. The molecule has 0 saturated carbocycles. The van der Waals surface area contributed by atoms with Crippen molar-refractivity contribution in [1.29, 1.82) is 0 Å². The molecule has 0 spiro atoms. The predicted molar refractivity (Wildman–Crippen MR) is 197 cm³/mol. The molecule has 0 radical (unpaired) electrons. The van der Waals surface area contributed by atoms with Gasteiger partial charge in [0.1, 0.15) is 11.3 Å². The summed E-state index contributed by atoms with van der Waals surface area (Å²) < 4.78 is 6.27. The van der Waals surface area contributed by atoms with Gasteiger partial charge in [-0.15, -0.1) is 0 Å². The fraction of sp³-hybridized carbons (Fsp3) is 0.111. The highest BCUT2D eigenvalue weighted by molar-refractivity contribution is 5.92. The molecule has 2 heteroatoms. The minimum atomic E-state index is 0.00302. The molecule has 0 N–H and O–H groups in total. The van der Waals surface area contributed by atoms with Crippen molar-refractivity contribution >= 4 is 34.1 Å². The first-order chi connectivity index (χ1) is 23.0. The van der Waals surface area contributed by atoms with Crippen LogP contribution in [0.2, 0.25) is 0 Å². The van der Waals surface area contributed by atoms with E-state index in [4.69, 9.17) is 4.42 Å². The van der Waals surface area contributed by atoms with Crippen LogP contribution in [0.1, 0.15) is 42.7 Å². The lowest BCUT2D eigenvalue weighted by Gasteiger charge is -2.26. The van der Waals surface area contributed by atoms with Crippen LogP contribution in [0.5, 0.6) is 0 Å². The van der Waals surface area contributed by atoms with Gasteiger partial charge in [0.05, 0.1) is 0 Å². The van der Waals surface area contributed by atoms with Gasteiger partial charge in [0.25, 0.3) is 0 Å². The Hall–Kier alpha value is -5.60. The van der Waals surface area contributed by atoms with Gasteiger partial charge in [-0.05, 0) is 106 Å². The number of fused-ring (bicyclic) bond motifs is 6. The number of anilines is 3. The van der Waals surface area contributed by atoms with Gasteiger partial charge in [0.2, 0.25) is 0 Å². The summed E-state index contributed by atoms with van der Waals surface area (Å²) >= 11 is 0. The molecule has 0 fully saturated rings. The quantitative estimate of drug-likeness (QED) is 0.194. The van der Waals surface area contributed by atoms with Crippen LogP contribution >= 0.6 is 0 Å². The summed E-state index contributed by atoms with van der Waals surface area (Å²) in [5, 5.41) is 1.20. The molecule has 47 heavy (non-hydrogen) atoms. The maximum absolute atomic E-state index is 6.27. The van der Waals surface area contributed by atoms with Crippen molar-refractivity contribution in [3.8, 4) is 33.4 Å². The second kappa shape index (κ2) is 10.7. The summed E-state index contributed by atoms with van der Waals surface area (Å²) in [7, 11) is 0. The highest BCUT2D eigenvalue weighted by Gasteiger charge is 2.35. The molecule has 0 atom stereocenters. The van der Waals surface area contributed by atoms with Gasteiger partial charge < -0.3 is 9.32 Å². The Morgan fingerprint density at radius 2 is 1.23 bits per heavy atom. The molecular formula is C45H35NO. The first-order valence-corrected chi connectivity index (χ1v) is 16.6. The van der Waals surface area contributed by atoms with E-state index in [9.17, 15) is 0 Å². The minimum Gasteiger partial charge on any atom is -0.460 e. The largest absolute Gasteiger partial charge is 0.460 e. The lowest BCUT2D eigenvalue weighted by atomic mass is 9.82. The zero-order valence-electron chi connectivity index (χ0n) is 26.7. The maximum Gasteiger partial charge on any atom is 0.135 e. The minimum absolute atomic E-state index is 0.00302. The van der Waals surface area contributed by atoms with E-state index in [0.29, 0.717) is 0 Å². The van der Waals surface area contributed by atoms with Gasteiger partial charge in [0.15, 0.2) is 0 Å². The maximum atomic E-state index is 6.27. The first kappa shape index (κ1) is 27.7. The second-order valence-corrected chi connectivity index (χ2v) is 13.3. The molecule has 7 aromatic rings. The van der Waals surface area contributed by atoms with Crippen LogP contribution in [0.15, 0.2) is 150 Å². The number of hydrogen-bond acceptors (Lipinski definition) is 2. The smallest absolute Gasteiger partial charge is 0.135 e. The zero-order valence-corrected chi connectivity index (χ0v) is 26.7. The van der Waals surface area contributed by atoms with E-state index in [1.54, 1.807) is 0 Å². The van der Waals surface area contributed by atoms with Crippen LogP contribution in [-0.2, 0) is 11.8 Å². The summed E-state index contributed by atoms with van der Waals surface area (Å²) in [6.45, 7) is 4.67. The molecule has 6 aromatic carbocycles. The molecule has 2 aliphatic rings. The van der Waals surface area contributed by atoms with Gasteiger partial charge >= 0.3 is 0 Å². The van der Waals surface area contributed by atoms with Crippen molar-refractivity contribution in [2.45, 2.75) is 32.1 Å². The molecule has 0 aliphatic heterocycles. The van der Waals surface area contributed by atoms with E-state index in [2.05, 4.69) is 170 Å². The van der Waals surface area contributed by atoms with Gasteiger partial charge in [0, 0.05) is 39.8 Å². The summed E-state index contributed by atoms with van der Waals surface area (Å²) in [4.78, 5) is 2.34. The average molecular weight is 606 g/mol. The Bertz CT molecular complexity index is 2320. The normalized spacial score (nSPS) is 14.1. The molecule has 0 saturated heterocycles. The van der Waals surface area contributed by atoms with E-state index >= 15 is 0 Å². The molecule has 2 aliphatic carbocycles. The third kappa shape index (κ3) is 4.55. The summed E-state index contributed by atoms with van der Waals surface area (Å²) in [6.07, 6.45) is 6.46. The number of rotatable bonds is 5. The van der Waals surface area contributed by atoms with Gasteiger partial charge in [-0.2, -0.15) is 0 Å². The van der Waals surface area contributed by atoms with E-state index < -0.39 is 0 Å². The Labute approximate surface area is 276 Å². The lowest BCUT2D eigenvalue weighted by Crippen LogP contribution is -2.14. The average Bonchev–Trinajstić information content (AvgIpc) is 3.61. The summed E-state index contributed by atoms with van der Waals surface area (Å²) in [5.74, 6) is 1.10. The lowest BCUT2D eigenvalue weighted by molar-refractivity contribution is 0.546. The van der Waals surface area contributed by atoms with Gasteiger partial charge in [-0.1, -0.05) is 111 Å². The number of furan rings is 1. The summed E-state index contributed by atoms with van der Waals surface area (Å²) in [5.41, 5.74) is 15.8. The van der Waals surface area contributed by atoms with Crippen molar-refractivity contribution in [1.82, 2.24) is 0 Å². The number of para-hydroxylation sites is 1. The molecule has 0 amide bonds. The van der Waals surface area contributed by atoms with Crippen molar-refractivity contribution < 1.29 is 4.42 Å². The third-order valence-corrected chi connectivity index (χ3v) is 10.1. The van der Waals surface area contributed by atoms with Crippen LogP contribution in [0.4, 0.5) is 17.1 Å². The van der Waals surface area contributed by atoms with Crippen LogP contribution in [0.3, 0.4) is 0 Å². The van der Waals surface area contributed by atoms with Gasteiger partial charge in [-0.25, -0.2) is 0 Å².